The number of nitrogens with zero attached hydrogens (tertiary/aromatic N) is 1. The maximum absolute atomic E-state index is 14.7. The average molecular weight is 596 g/mol. The van der Waals surface area contributed by atoms with Crippen LogP contribution in [0.2, 0.25) is 0 Å². The second kappa shape index (κ2) is 15.5. The molecule has 2 N–H and O–H groups in total. The predicted octanol–water partition coefficient (Wildman–Crippen LogP) is 5.57. The zero-order valence-corrected chi connectivity index (χ0v) is 27.2. The summed E-state index contributed by atoms with van der Waals surface area (Å²) in [5, 5.41) is 5.66. The van der Waals surface area contributed by atoms with Gasteiger partial charge in [0.2, 0.25) is 11.8 Å². The molecule has 0 radical (unpaired) electrons. The fourth-order valence-corrected chi connectivity index (χ4v) is 4.70. The zero-order chi connectivity index (χ0) is 32.4. The average Bonchev–Trinajstić information content (AvgIpc) is 2.92. The molecule has 0 spiro atoms. The Morgan fingerprint density at radius 1 is 0.907 bits per heavy atom. The van der Waals surface area contributed by atoms with Gasteiger partial charge in [-0.3, -0.25) is 14.4 Å². The van der Waals surface area contributed by atoms with E-state index in [1.165, 1.54) is 0 Å². The minimum Gasteiger partial charge on any atom is -0.466 e. The van der Waals surface area contributed by atoms with Crippen molar-refractivity contribution < 1.29 is 28.7 Å². The summed E-state index contributed by atoms with van der Waals surface area (Å²) in [4.78, 5) is 55.4. The molecule has 0 bridgehead atoms. The Bertz CT molecular complexity index is 1250. The van der Waals surface area contributed by atoms with Gasteiger partial charge >= 0.3 is 12.1 Å². The molecule has 0 fully saturated rings. The number of benzene rings is 2. The smallest absolute Gasteiger partial charge is 0.408 e. The van der Waals surface area contributed by atoms with Gasteiger partial charge in [-0.05, 0) is 84.1 Å². The Kier molecular flexibility index (Phi) is 12.8. The normalized spacial score (nSPS) is 13.0. The molecule has 0 aliphatic carbocycles. The molecule has 236 valence electrons. The third-order valence-corrected chi connectivity index (χ3v) is 7.41. The maximum atomic E-state index is 14.7. The number of aryl methyl sites for hydroxylation is 1. The van der Waals surface area contributed by atoms with E-state index in [1.807, 2.05) is 83.1 Å². The number of rotatable bonds is 13. The van der Waals surface area contributed by atoms with Gasteiger partial charge in [0.05, 0.1) is 13.0 Å². The van der Waals surface area contributed by atoms with E-state index in [2.05, 4.69) is 10.6 Å². The first-order valence-electron chi connectivity index (χ1n) is 15.0. The van der Waals surface area contributed by atoms with Crippen molar-refractivity contribution in [3.63, 3.8) is 0 Å². The van der Waals surface area contributed by atoms with Crippen LogP contribution < -0.4 is 10.6 Å². The van der Waals surface area contributed by atoms with Gasteiger partial charge in [-0.1, -0.05) is 55.5 Å². The van der Waals surface area contributed by atoms with Crippen LogP contribution in [0.1, 0.15) is 89.6 Å². The molecular formula is C34H49N3O6. The molecule has 0 heterocycles. The quantitative estimate of drug-likeness (QED) is 0.293. The highest BCUT2D eigenvalue weighted by molar-refractivity contribution is 5.93. The van der Waals surface area contributed by atoms with Crippen molar-refractivity contribution in [2.24, 2.45) is 0 Å². The van der Waals surface area contributed by atoms with Gasteiger partial charge in [0, 0.05) is 18.5 Å². The first-order chi connectivity index (χ1) is 20.1. The Morgan fingerprint density at radius 3 is 2.14 bits per heavy atom. The highest BCUT2D eigenvalue weighted by atomic mass is 16.6. The highest BCUT2D eigenvalue weighted by Gasteiger charge is 2.43. The molecule has 0 aromatic heterocycles. The van der Waals surface area contributed by atoms with Crippen LogP contribution >= 0.6 is 0 Å². The first kappa shape index (κ1) is 35.3. The molecule has 0 saturated carbocycles. The van der Waals surface area contributed by atoms with E-state index >= 15 is 0 Å². The molecule has 0 aliphatic heterocycles. The fraction of sp³-hybridized carbons (Fsp3) is 0.529. The summed E-state index contributed by atoms with van der Waals surface area (Å²) >= 11 is 0. The van der Waals surface area contributed by atoms with E-state index in [1.54, 1.807) is 32.6 Å². The summed E-state index contributed by atoms with van der Waals surface area (Å²) in [6.45, 7) is 16.9. The van der Waals surface area contributed by atoms with Crippen LogP contribution in [0.5, 0.6) is 0 Å². The lowest BCUT2D eigenvalue weighted by Crippen LogP contribution is -2.60. The number of carbonyl (C=O) groups excluding carboxylic acids is 4. The van der Waals surface area contributed by atoms with Crippen LogP contribution in [0, 0.1) is 13.8 Å². The topological polar surface area (TPSA) is 114 Å². The first-order valence-corrected chi connectivity index (χ1v) is 15.0. The van der Waals surface area contributed by atoms with Crippen molar-refractivity contribution in [2.45, 2.75) is 105 Å². The SMILES string of the molecule is CCOC(=O)CCNC(=O)C(c1cccc(C)c1C)N(C(=O)C(Cc1ccccc1)NC(=O)OC(C)(C)C)C(C)(C)CC. The van der Waals surface area contributed by atoms with Gasteiger partial charge in [0.1, 0.15) is 17.7 Å². The second-order valence-electron chi connectivity index (χ2n) is 12.3. The minimum atomic E-state index is -1.04. The monoisotopic (exact) mass is 595 g/mol. The molecule has 2 aromatic carbocycles. The molecule has 43 heavy (non-hydrogen) atoms. The van der Waals surface area contributed by atoms with Gasteiger partial charge in [0.15, 0.2) is 0 Å². The Labute approximate surface area is 256 Å². The summed E-state index contributed by atoms with van der Waals surface area (Å²) in [6.07, 6.45) is -0.000705. The molecule has 9 nitrogen and oxygen atoms in total. The lowest BCUT2D eigenvalue weighted by Gasteiger charge is -2.45. The van der Waals surface area contributed by atoms with Crippen LogP contribution in [0.25, 0.3) is 0 Å². The van der Waals surface area contributed by atoms with Crippen LogP contribution in [0.4, 0.5) is 4.79 Å². The molecule has 3 amide bonds. The summed E-state index contributed by atoms with van der Waals surface area (Å²) in [6, 6.07) is 13.0. The third kappa shape index (κ3) is 10.4. The number of esters is 1. The van der Waals surface area contributed by atoms with E-state index in [-0.39, 0.29) is 26.0 Å². The summed E-state index contributed by atoms with van der Waals surface area (Å²) in [7, 11) is 0. The van der Waals surface area contributed by atoms with Crippen LogP contribution in [0.3, 0.4) is 0 Å². The number of amides is 3. The van der Waals surface area contributed by atoms with Crippen LogP contribution in [-0.4, -0.2) is 59.1 Å². The van der Waals surface area contributed by atoms with E-state index < -0.39 is 47.1 Å². The van der Waals surface area contributed by atoms with Crippen molar-refractivity contribution in [1.82, 2.24) is 15.5 Å². The van der Waals surface area contributed by atoms with Crippen molar-refractivity contribution in [3.05, 3.63) is 70.8 Å². The van der Waals surface area contributed by atoms with Gasteiger partial charge < -0.3 is 25.0 Å². The van der Waals surface area contributed by atoms with Gasteiger partial charge in [0.25, 0.3) is 0 Å². The molecule has 2 aromatic rings. The van der Waals surface area contributed by atoms with E-state index in [0.717, 1.165) is 16.7 Å². The van der Waals surface area contributed by atoms with E-state index in [0.29, 0.717) is 12.0 Å². The standard InChI is InChI=1S/C34H49N3O6/c1-10-34(8,9)37(31(40)27(22-25-17-13-12-14-18-25)36-32(41)43-33(5,6)7)29(26-19-15-16-23(3)24(26)4)30(39)35-21-20-28(38)42-11-2/h12-19,27,29H,10-11,20-22H2,1-9H3,(H,35,39)(H,36,41). The van der Waals surface area contributed by atoms with E-state index in [4.69, 9.17) is 9.47 Å². The molecule has 2 unspecified atom stereocenters. The van der Waals surface area contributed by atoms with Gasteiger partial charge in [-0.2, -0.15) is 0 Å². The number of hydrogen-bond acceptors (Lipinski definition) is 6. The molecular weight excluding hydrogens is 546 g/mol. The molecule has 0 saturated heterocycles. The Morgan fingerprint density at radius 2 is 1.56 bits per heavy atom. The summed E-state index contributed by atoms with van der Waals surface area (Å²) in [5.74, 6) is -1.27. The number of carbonyl (C=O) groups is 4. The highest BCUT2D eigenvalue weighted by Crippen LogP contribution is 2.34. The number of ether oxygens (including phenoxy) is 2. The lowest BCUT2D eigenvalue weighted by molar-refractivity contribution is -0.149. The largest absolute Gasteiger partial charge is 0.466 e. The summed E-state index contributed by atoms with van der Waals surface area (Å²) in [5.41, 5.74) is 1.77. The zero-order valence-electron chi connectivity index (χ0n) is 27.2. The number of nitrogens with one attached hydrogen (secondary N) is 2. The van der Waals surface area contributed by atoms with Gasteiger partial charge in [-0.25, -0.2) is 4.79 Å². The number of hydrogen-bond donors (Lipinski definition) is 2. The second-order valence-corrected chi connectivity index (χ2v) is 12.3. The van der Waals surface area contributed by atoms with Crippen LogP contribution in [-0.2, 0) is 30.3 Å². The molecule has 9 heteroatoms. The Hall–Kier alpha value is -3.88. The Balaban J connectivity index is 2.64. The van der Waals surface area contributed by atoms with Crippen molar-refractivity contribution >= 4 is 23.9 Å². The van der Waals surface area contributed by atoms with Crippen molar-refractivity contribution in [2.75, 3.05) is 13.2 Å². The lowest BCUT2D eigenvalue weighted by atomic mass is 9.88. The van der Waals surface area contributed by atoms with Crippen LogP contribution in [0.15, 0.2) is 48.5 Å². The number of alkyl carbamates (subject to hydrolysis) is 1. The third-order valence-electron chi connectivity index (χ3n) is 7.41. The van der Waals surface area contributed by atoms with Gasteiger partial charge in [-0.15, -0.1) is 0 Å². The summed E-state index contributed by atoms with van der Waals surface area (Å²) < 4.78 is 10.5. The fourth-order valence-electron chi connectivity index (χ4n) is 4.70. The molecule has 0 aliphatic rings. The maximum Gasteiger partial charge on any atom is 0.408 e. The van der Waals surface area contributed by atoms with E-state index in [9.17, 15) is 19.2 Å². The molecule has 2 atom stereocenters. The minimum absolute atomic E-state index is 0.00104. The predicted molar refractivity (Wildman–Crippen MR) is 167 cm³/mol. The molecule has 2 rings (SSSR count). The van der Waals surface area contributed by atoms with Crippen molar-refractivity contribution in [1.29, 1.82) is 0 Å². The van der Waals surface area contributed by atoms with Crippen molar-refractivity contribution in [3.8, 4) is 0 Å².